The molecule has 0 spiro atoms. The minimum absolute atomic E-state index is 0.0204. The monoisotopic (exact) mass is 270 g/mol. The number of carbonyl (C=O) groups excluding carboxylic acids is 2. The molecule has 2 amide bonds. The van der Waals surface area contributed by atoms with Gasteiger partial charge in [0, 0.05) is 31.6 Å². The van der Waals surface area contributed by atoms with Crippen LogP contribution in [0, 0.1) is 5.92 Å². The fourth-order valence-electron chi connectivity index (χ4n) is 2.85. The van der Waals surface area contributed by atoms with Crippen LogP contribution in [0.3, 0.4) is 0 Å². The van der Waals surface area contributed by atoms with Gasteiger partial charge in [-0.05, 0) is 33.6 Å². The molecule has 5 heteroatoms. The second kappa shape index (κ2) is 5.10. The molecule has 2 rings (SSSR count). The molecule has 1 unspecified atom stereocenters. The van der Waals surface area contributed by atoms with Crippen LogP contribution < -0.4 is 0 Å². The third-order valence-electron chi connectivity index (χ3n) is 4.02. The Morgan fingerprint density at radius 3 is 2.32 bits per heavy atom. The van der Waals surface area contributed by atoms with Gasteiger partial charge in [0.15, 0.2) is 0 Å². The largest absolute Gasteiger partial charge is 0.342 e. The lowest BCUT2D eigenvalue weighted by Gasteiger charge is -2.33. The van der Waals surface area contributed by atoms with Gasteiger partial charge < -0.3 is 9.80 Å². The molecule has 0 aliphatic carbocycles. The topological polar surface area (TPSA) is 40.6 Å². The second-order valence-corrected chi connectivity index (χ2v) is 6.58. The van der Waals surface area contributed by atoms with Gasteiger partial charge >= 0.3 is 0 Å². The molecule has 2 fully saturated rings. The van der Waals surface area contributed by atoms with Crippen LogP contribution in [0.25, 0.3) is 0 Å². The van der Waals surface area contributed by atoms with Crippen molar-refractivity contribution in [2.75, 3.05) is 19.6 Å². The lowest BCUT2D eigenvalue weighted by molar-refractivity contribution is -0.137. The molecule has 1 atom stereocenters. The molecule has 4 nitrogen and oxygen atoms in total. The summed E-state index contributed by atoms with van der Waals surface area (Å²) in [6, 6.07) is 0. The van der Waals surface area contributed by atoms with E-state index in [1.165, 1.54) is 0 Å². The summed E-state index contributed by atoms with van der Waals surface area (Å²) in [5.41, 5.74) is -0.238. The highest BCUT2D eigenvalue weighted by Crippen LogP contribution is 2.28. The van der Waals surface area contributed by atoms with Gasteiger partial charge in [0.05, 0.1) is 5.92 Å². The van der Waals surface area contributed by atoms with Crippen molar-refractivity contribution < 1.29 is 14.0 Å². The maximum atomic E-state index is 13.1. The minimum Gasteiger partial charge on any atom is -0.342 e. The van der Waals surface area contributed by atoms with E-state index in [2.05, 4.69) is 0 Å². The number of hydrogen-bond donors (Lipinski definition) is 0. The number of alkyl halides is 1. The molecule has 0 aromatic heterocycles. The van der Waals surface area contributed by atoms with Crippen LogP contribution in [-0.2, 0) is 9.59 Å². The Balaban J connectivity index is 1.96. The Morgan fingerprint density at radius 1 is 1.26 bits per heavy atom. The van der Waals surface area contributed by atoms with Crippen molar-refractivity contribution in [2.24, 2.45) is 5.92 Å². The molecule has 2 saturated heterocycles. The van der Waals surface area contributed by atoms with Crippen LogP contribution in [0.5, 0.6) is 0 Å². The zero-order chi connectivity index (χ0) is 14.2. The lowest BCUT2D eigenvalue weighted by atomic mass is 10.0. The average Bonchev–Trinajstić information content (AvgIpc) is 2.71. The van der Waals surface area contributed by atoms with Crippen LogP contribution >= 0.6 is 0 Å². The van der Waals surface area contributed by atoms with E-state index < -0.39 is 6.17 Å². The third-order valence-corrected chi connectivity index (χ3v) is 4.02. The zero-order valence-corrected chi connectivity index (χ0v) is 12.0. The van der Waals surface area contributed by atoms with Gasteiger partial charge in [-0.3, -0.25) is 9.59 Å². The second-order valence-electron chi connectivity index (χ2n) is 6.58. The van der Waals surface area contributed by atoms with Gasteiger partial charge in [-0.15, -0.1) is 0 Å². The summed E-state index contributed by atoms with van der Waals surface area (Å²) in [7, 11) is 0. The van der Waals surface area contributed by atoms with E-state index in [-0.39, 0.29) is 23.3 Å². The number of amides is 2. The number of hydrogen-bond acceptors (Lipinski definition) is 2. The molecule has 19 heavy (non-hydrogen) atoms. The summed E-state index contributed by atoms with van der Waals surface area (Å²) in [4.78, 5) is 27.8. The van der Waals surface area contributed by atoms with Crippen molar-refractivity contribution in [3.63, 3.8) is 0 Å². The van der Waals surface area contributed by atoms with Gasteiger partial charge in [0.25, 0.3) is 0 Å². The van der Waals surface area contributed by atoms with Crippen LogP contribution in [0.4, 0.5) is 4.39 Å². The van der Waals surface area contributed by atoms with Gasteiger partial charge in [-0.25, -0.2) is 4.39 Å². The van der Waals surface area contributed by atoms with Gasteiger partial charge in [0.2, 0.25) is 11.8 Å². The quantitative estimate of drug-likeness (QED) is 0.726. The highest BCUT2D eigenvalue weighted by atomic mass is 19.1. The summed E-state index contributed by atoms with van der Waals surface area (Å²) in [5, 5.41) is 0. The summed E-state index contributed by atoms with van der Waals surface area (Å²) < 4.78 is 13.1. The van der Waals surface area contributed by atoms with Gasteiger partial charge in [0.1, 0.15) is 6.17 Å². The van der Waals surface area contributed by atoms with E-state index in [9.17, 15) is 14.0 Å². The predicted molar refractivity (Wildman–Crippen MR) is 70.3 cm³/mol. The van der Waals surface area contributed by atoms with E-state index in [4.69, 9.17) is 0 Å². The first-order chi connectivity index (χ1) is 8.79. The standard InChI is InChI=1S/C14H23FN2O2/c1-14(2,3)17-9-10(8-12(17)18)13(19)16-6-4-11(15)5-7-16/h10-11H,4-9H2,1-3H3. The Kier molecular flexibility index (Phi) is 3.83. The smallest absolute Gasteiger partial charge is 0.227 e. The molecule has 2 aliphatic rings. The van der Waals surface area contributed by atoms with Crippen molar-refractivity contribution in [2.45, 2.75) is 51.7 Å². The zero-order valence-electron chi connectivity index (χ0n) is 12.0. The minimum atomic E-state index is -0.777. The van der Waals surface area contributed by atoms with Crippen molar-refractivity contribution in [1.82, 2.24) is 9.80 Å². The molecule has 108 valence electrons. The molecule has 0 aromatic carbocycles. The normalized spacial score (nSPS) is 26.1. The number of nitrogens with zero attached hydrogens (tertiary/aromatic N) is 2. The van der Waals surface area contributed by atoms with Gasteiger partial charge in [-0.1, -0.05) is 0 Å². The first-order valence-electron chi connectivity index (χ1n) is 7.02. The number of halogens is 1. The van der Waals surface area contributed by atoms with Crippen molar-refractivity contribution in [3.05, 3.63) is 0 Å². The average molecular weight is 270 g/mol. The molecule has 0 bridgehead atoms. The number of rotatable bonds is 1. The first kappa shape index (κ1) is 14.3. The van der Waals surface area contributed by atoms with Crippen LogP contribution in [0.15, 0.2) is 0 Å². The summed E-state index contributed by atoms with van der Waals surface area (Å²) in [6.45, 7) is 7.40. The third kappa shape index (κ3) is 3.07. The van der Waals surface area contributed by atoms with Gasteiger partial charge in [-0.2, -0.15) is 0 Å². The summed E-state index contributed by atoms with van der Waals surface area (Å²) in [6.07, 6.45) is 0.372. The van der Waals surface area contributed by atoms with E-state index in [0.29, 0.717) is 38.9 Å². The molecule has 0 aromatic rings. The number of likely N-dealkylation sites (tertiary alicyclic amines) is 2. The Hall–Kier alpha value is -1.13. The Labute approximate surface area is 113 Å². The molecular formula is C14H23FN2O2. The fourth-order valence-corrected chi connectivity index (χ4v) is 2.85. The predicted octanol–water partition coefficient (Wildman–Crippen LogP) is 1.59. The highest BCUT2D eigenvalue weighted by Gasteiger charge is 2.41. The maximum absolute atomic E-state index is 13.1. The van der Waals surface area contributed by atoms with E-state index >= 15 is 0 Å². The highest BCUT2D eigenvalue weighted by molar-refractivity contribution is 5.89. The molecule has 2 aliphatic heterocycles. The molecule has 0 saturated carbocycles. The van der Waals surface area contributed by atoms with E-state index in [1.807, 2.05) is 20.8 Å². The van der Waals surface area contributed by atoms with Crippen molar-refractivity contribution >= 4 is 11.8 Å². The van der Waals surface area contributed by atoms with E-state index in [1.54, 1.807) is 9.80 Å². The fraction of sp³-hybridized carbons (Fsp3) is 0.857. The molecule has 0 radical (unpaired) electrons. The van der Waals surface area contributed by atoms with E-state index in [0.717, 1.165) is 0 Å². The Bertz CT molecular complexity index is 370. The maximum Gasteiger partial charge on any atom is 0.227 e. The first-order valence-corrected chi connectivity index (χ1v) is 7.02. The molecule has 0 N–H and O–H groups in total. The van der Waals surface area contributed by atoms with Crippen LogP contribution in [-0.4, -0.2) is 53.0 Å². The van der Waals surface area contributed by atoms with Crippen LogP contribution in [0.1, 0.15) is 40.0 Å². The molecular weight excluding hydrogens is 247 g/mol. The molecule has 2 heterocycles. The number of carbonyl (C=O) groups is 2. The Morgan fingerprint density at radius 2 is 1.84 bits per heavy atom. The lowest BCUT2D eigenvalue weighted by Crippen LogP contribution is -2.45. The summed E-state index contributed by atoms with van der Waals surface area (Å²) >= 11 is 0. The van der Waals surface area contributed by atoms with Crippen molar-refractivity contribution in [3.8, 4) is 0 Å². The van der Waals surface area contributed by atoms with Crippen molar-refractivity contribution in [1.29, 1.82) is 0 Å². The van der Waals surface area contributed by atoms with Crippen LogP contribution in [0.2, 0.25) is 0 Å². The SMILES string of the molecule is CC(C)(C)N1CC(C(=O)N2CCC(F)CC2)CC1=O. The number of piperidine rings is 1. The summed E-state index contributed by atoms with van der Waals surface area (Å²) in [5.74, 6) is -0.180.